The van der Waals surface area contributed by atoms with Gasteiger partial charge in [-0.25, -0.2) is 5.43 Å². The van der Waals surface area contributed by atoms with Crippen molar-refractivity contribution in [3.63, 3.8) is 0 Å². The van der Waals surface area contributed by atoms with Crippen LogP contribution in [0.1, 0.15) is 37.9 Å². The smallest absolute Gasteiger partial charge is 0.307 e. The van der Waals surface area contributed by atoms with Gasteiger partial charge in [0.1, 0.15) is 5.58 Å². The first-order chi connectivity index (χ1) is 14.5. The number of carbonyl (C=O) groups is 2. The van der Waals surface area contributed by atoms with E-state index in [4.69, 9.17) is 4.42 Å². The molecule has 0 aliphatic rings. The molecule has 4 rings (SSSR count). The molecule has 7 heteroatoms. The Hall–Kier alpha value is -4.13. The van der Waals surface area contributed by atoms with Gasteiger partial charge in [-0.2, -0.15) is 5.10 Å². The molecule has 0 radical (unpaired) electrons. The van der Waals surface area contributed by atoms with Crippen LogP contribution in [-0.4, -0.2) is 22.7 Å². The first-order valence-corrected chi connectivity index (χ1v) is 9.40. The Morgan fingerprint density at radius 3 is 2.47 bits per heavy atom. The molecular formula is C23H20N4O3. The zero-order valence-corrected chi connectivity index (χ0v) is 16.5. The summed E-state index contributed by atoms with van der Waals surface area (Å²) in [6.45, 7) is 3.74. The zero-order chi connectivity index (χ0) is 21.1. The number of nitrogens with one attached hydrogen (secondary N) is 2. The molecule has 0 aliphatic heterocycles. The van der Waals surface area contributed by atoms with Crippen LogP contribution in [0.15, 0.2) is 76.2 Å². The molecule has 2 heterocycles. The van der Waals surface area contributed by atoms with Crippen molar-refractivity contribution in [1.82, 2.24) is 10.1 Å². The number of rotatable bonds is 5. The van der Waals surface area contributed by atoms with Crippen molar-refractivity contribution >= 4 is 29.0 Å². The first kappa shape index (κ1) is 19.2. The number of furan rings is 1. The predicted molar refractivity (Wildman–Crippen MR) is 115 cm³/mol. The highest BCUT2D eigenvalue weighted by atomic mass is 16.3. The van der Waals surface area contributed by atoms with E-state index >= 15 is 0 Å². The number of hydrazone groups is 1. The van der Waals surface area contributed by atoms with Crippen LogP contribution in [0.25, 0.3) is 11.0 Å². The van der Waals surface area contributed by atoms with E-state index in [1.54, 1.807) is 28.9 Å². The molecule has 2 N–H and O–H groups in total. The molecule has 0 spiro atoms. The highest BCUT2D eigenvalue weighted by Gasteiger charge is 2.13. The van der Waals surface area contributed by atoms with Gasteiger partial charge in [-0.05, 0) is 44.2 Å². The van der Waals surface area contributed by atoms with E-state index in [1.165, 1.54) is 6.21 Å². The van der Waals surface area contributed by atoms with E-state index < -0.39 is 5.91 Å². The third-order valence-corrected chi connectivity index (χ3v) is 4.74. The number of para-hydroxylation sites is 1. The molecule has 30 heavy (non-hydrogen) atoms. The Kier molecular flexibility index (Phi) is 5.17. The fraction of sp³-hybridized carbons (Fsp3) is 0.0870. The van der Waals surface area contributed by atoms with Gasteiger partial charge in [0.15, 0.2) is 5.76 Å². The number of fused-ring (bicyclic) bond motifs is 1. The summed E-state index contributed by atoms with van der Waals surface area (Å²) in [6.07, 6.45) is 1.54. The number of hydrogen-bond acceptors (Lipinski definition) is 4. The second-order valence-corrected chi connectivity index (χ2v) is 6.82. The van der Waals surface area contributed by atoms with Crippen LogP contribution in [0.3, 0.4) is 0 Å². The Morgan fingerprint density at radius 2 is 1.70 bits per heavy atom. The Labute approximate surface area is 173 Å². The van der Waals surface area contributed by atoms with Crippen molar-refractivity contribution in [3.8, 4) is 0 Å². The molecule has 0 unspecified atom stereocenters. The summed E-state index contributed by atoms with van der Waals surface area (Å²) in [5.41, 5.74) is 8.95. The zero-order valence-electron chi connectivity index (χ0n) is 16.5. The maximum Gasteiger partial charge on any atom is 0.307 e. The van der Waals surface area contributed by atoms with Gasteiger partial charge in [0.25, 0.3) is 5.91 Å². The average molecular weight is 400 g/mol. The molecule has 0 atom stereocenters. The second-order valence-electron chi connectivity index (χ2n) is 6.82. The van der Waals surface area contributed by atoms with Crippen LogP contribution in [-0.2, 0) is 0 Å². The lowest BCUT2D eigenvalue weighted by atomic mass is 10.2. The molecule has 2 amide bonds. The monoisotopic (exact) mass is 400 g/mol. The topological polar surface area (TPSA) is 88.6 Å². The van der Waals surface area contributed by atoms with Crippen molar-refractivity contribution in [2.24, 2.45) is 5.10 Å². The number of carbonyl (C=O) groups excluding carboxylic acids is 2. The van der Waals surface area contributed by atoms with E-state index in [0.29, 0.717) is 11.1 Å². The van der Waals surface area contributed by atoms with Crippen molar-refractivity contribution in [1.29, 1.82) is 0 Å². The van der Waals surface area contributed by atoms with Crippen LogP contribution >= 0.6 is 0 Å². The quantitative estimate of drug-likeness (QED) is 0.392. The van der Waals surface area contributed by atoms with Crippen LogP contribution in [0, 0.1) is 13.8 Å². The van der Waals surface area contributed by atoms with Gasteiger partial charge in [-0.1, -0.05) is 36.4 Å². The lowest BCUT2D eigenvalue weighted by Crippen LogP contribution is -2.24. The van der Waals surface area contributed by atoms with Crippen molar-refractivity contribution in [3.05, 3.63) is 95.0 Å². The first-order valence-electron chi connectivity index (χ1n) is 9.40. The molecule has 0 bridgehead atoms. The fourth-order valence-corrected chi connectivity index (χ4v) is 3.16. The third kappa shape index (κ3) is 3.86. The molecule has 0 saturated heterocycles. The van der Waals surface area contributed by atoms with E-state index in [0.717, 1.165) is 22.3 Å². The molecule has 0 aliphatic carbocycles. The van der Waals surface area contributed by atoms with Gasteiger partial charge in [-0.15, -0.1) is 0 Å². The molecule has 150 valence electrons. The maximum atomic E-state index is 12.4. The summed E-state index contributed by atoms with van der Waals surface area (Å²) >= 11 is 0. The largest absolute Gasteiger partial charge is 0.451 e. The molecule has 2 aromatic carbocycles. The highest BCUT2D eigenvalue weighted by Crippen LogP contribution is 2.18. The molecule has 2 aromatic heterocycles. The summed E-state index contributed by atoms with van der Waals surface area (Å²) in [5.74, 6) is -0.457. The van der Waals surface area contributed by atoms with Gasteiger partial charge in [0.2, 0.25) is 0 Å². The average Bonchev–Trinajstić information content (AvgIpc) is 3.31. The van der Waals surface area contributed by atoms with Gasteiger partial charge in [0, 0.05) is 27.9 Å². The Bertz CT molecular complexity index is 1220. The van der Waals surface area contributed by atoms with Gasteiger partial charge in [-0.3, -0.25) is 19.7 Å². The van der Waals surface area contributed by atoms with Crippen LogP contribution < -0.4 is 10.9 Å². The van der Waals surface area contributed by atoms with E-state index in [2.05, 4.69) is 16.0 Å². The molecule has 0 fully saturated rings. The second kappa shape index (κ2) is 8.08. The van der Waals surface area contributed by atoms with Crippen LogP contribution in [0.5, 0.6) is 0 Å². The van der Waals surface area contributed by atoms with Crippen molar-refractivity contribution in [2.75, 3.05) is 5.43 Å². The Balaban J connectivity index is 1.45. The molecule has 4 aromatic rings. The van der Waals surface area contributed by atoms with E-state index in [9.17, 15) is 9.59 Å². The van der Waals surface area contributed by atoms with Gasteiger partial charge in [0.05, 0.1) is 6.21 Å². The van der Waals surface area contributed by atoms with Crippen molar-refractivity contribution in [2.45, 2.75) is 13.8 Å². The Morgan fingerprint density at radius 1 is 0.967 bits per heavy atom. The minimum absolute atomic E-state index is 0.189. The molecule has 0 saturated carbocycles. The SMILES string of the molecule is Cc1cc(C=NNC(=O)c2cc3ccccc3o2)c(C)n1NC(=O)c1ccccc1. The number of benzene rings is 2. The van der Waals surface area contributed by atoms with Crippen LogP contribution in [0.2, 0.25) is 0 Å². The molecular weight excluding hydrogens is 380 g/mol. The minimum Gasteiger partial charge on any atom is -0.451 e. The van der Waals surface area contributed by atoms with E-state index in [1.807, 2.05) is 56.3 Å². The lowest BCUT2D eigenvalue weighted by molar-refractivity contribution is 0.0929. The molecule has 7 nitrogen and oxygen atoms in total. The lowest BCUT2D eigenvalue weighted by Gasteiger charge is -2.11. The normalized spacial score (nSPS) is 11.1. The van der Waals surface area contributed by atoms with Gasteiger partial charge >= 0.3 is 5.91 Å². The number of aryl methyl sites for hydroxylation is 1. The summed E-state index contributed by atoms with van der Waals surface area (Å²) in [4.78, 5) is 24.7. The third-order valence-electron chi connectivity index (χ3n) is 4.74. The number of aromatic nitrogens is 1. The standard InChI is InChI=1S/C23H20N4O3/c1-15-12-19(16(2)27(15)26-22(28)17-8-4-3-5-9-17)14-24-25-23(29)21-13-18-10-6-7-11-20(18)30-21/h3-14H,1-2H3,(H,25,29)(H,26,28). The van der Waals surface area contributed by atoms with Crippen molar-refractivity contribution < 1.29 is 14.0 Å². The highest BCUT2D eigenvalue weighted by molar-refractivity contribution is 6.00. The fourth-order valence-electron chi connectivity index (χ4n) is 3.16. The van der Waals surface area contributed by atoms with Gasteiger partial charge < -0.3 is 4.42 Å². The van der Waals surface area contributed by atoms with E-state index in [-0.39, 0.29) is 11.7 Å². The summed E-state index contributed by atoms with van der Waals surface area (Å²) in [6, 6.07) is 19.9. The summed E-state index contributed by atoms with van der Waals surface area (Å²) < 4.78 is 7.22. The number of nitrogens with zero attached hydrogens (tertiary/aromatic N) is 2. The summed E-state index contributed by atoms with van der Waals surface area (Å²) in [7, 11) is 0. The predicted octanol–water partition coefficient (Wildman–Crippen LogP) is 4.00. The number of amides is 2. The van der Waals surface area contributed by atoms with Crippen LogP contribution in [0.4, 0.5) is 0 Å². The minimum atomic E-state index is -0.436. The summed E-state index contributed by atoms with van der Waals surface area (Å²) in [5, 5.41) is 4.88. The maximum absolute atomic E-state index is 12.4. The number of hydrogen-bond donors (Lipinski definition) is 2.